The highest BCUT2D eigenvalue weighted by atomic mass is 16.7. The summed E-state index contributed by atoms with van der Waals surface area (Å²) in [7, 11) is 0. The van der Waals surface area contributed by atoms with Crippen LogP contribution in [0, 0.1) is 0 Å². The first-order chi connectivity index (χ1) is 10.7. The Hall–Kier alpha value is -0.860. The van der Waals surface area contributed by atoms with Crippen molar-refractivity contribution in [2.75, 3.05) is 13.2 Å². The van der Waals surface area contributed by atoms with Crippen LogP contribution in [-0.2, 0) is 15.9 Å². The van der Waals surface area contributed by atoms with Crippen LogP contribution in [0.25, 0.3) is 0 Å². The lowest BCUT2D eigenvalue weighted by Gasteiger charge is -2.38. The van der Waals surface area contributed by atoms with Crippen molar-refractivity contribution in [2.45, 2.75) is 77.4 Å². The molecule has 0 aliphatic carbocycles. The van der Waals surface area contributed by atoms with Gasteiger partial charge in [0.25, 0.3) is 0 Å². The second-order valence-electron chi connectivity index (χ2n) is 6.75. The highest BCUT2D eigenvalue weighted by Gasteiger charge is 2.32. The van der Waals surface area contributed by atoms with Crippen LogP contribution < -0.4 is 0 Å². The lowest BCUT2D eigenvalue weighted by atomic mass is 9.96. The van der Waals surface area contributed by atoms with E-state index in [4.69, 9.17) is 9.47 Å². The number of hydrogen-bond donors (Lipinski definition) is 0. The van der Waals surface area contributed by atoms with Gasteiger partial charge in [-0.15, -0.1) is 0 Å². The Morgan fingerprint density at radius 1 is 0.955 bits per heavy atom. The van der Waals surface area contributed by atoms with E-state index in [1.807, 2.05) is 0 Å². The third kappa shape index (κ3) is 5.10. The van der Waals surface area contributed by atoms with Crippen molar-refractivity contribution < 1.29 is 9.47 Å². The summed E-state index contributed by atoms with van der Waals surface area (Å²) in [6.45, 7) is 8.11. The van der Waals surface area contributed by atoms with Crippen LogP contribution in [0.5, 0.6) is 0 Å². The summed E-state index contributed by atoms with van der Waals surface area (Å²) >= 11 is 0. The molecule has 1 aromatic carbocycles. The predicted octanol–water partition coefficient (Wildman–Crippen LogP) is 5.46. The number of unbranched alkanes of at least 4 members (excludes halogenated alkanes) is 3. The summed E-state index contributed by atoms with van der Waals surface area (Å²) in [5.74, 6) is 0.00620. The van der Waals surface area contributed by atoms with Gasteiger partial charge in [0.15, 0.2) is 5.79 Å². The second-order valence-corrected chi connectivity index (χ2v) is 6.75. The summed E-state index contributed by atoms with van der Waals surface area (Å²) in [4.78, 5) is 0. The smallest absolute Gasteiger partial charge is 0.165 e. The number of hydrogen-bond acceptors (Lipinski definition) is 2. The molecule has 0 saturated carbocycles. The Bertz CT molecular complexity index is 416. The molecular formula is C20H32O2. The quantitative estimate of drug-likeness (QED) is 0.594. The minimum absolute atomic E-state index is 0.368. The third-order valence-corrected chi connectivity index (χ3v) is 4.68. The standard InChI is InChI=1S/C20H32O2/c1-4-6-8-14-20(3)21-15-19(16-22-20)18-12-10-17(11-13-18)9-7-5-2/h10-13,19H,4-9,14-16H2,1-3H3/t19-,20-. The molecule has 0 aromatic heterocycles. The topological polar surface area (TPSA) is 18.5 Å². The first kappa shape index (κ1) is 17.5. The zero-order valence-electron chi connectivity index (χ0n) is 14.6. The molecule has 1 aliphatic heterocycles. The van der Waals surface area contributed by atoms with Gasteiger partial charge < -0.3 is 9.47 Å². The Labute approximate surface area is 136 Å². The average molecular weight is 304 g/mol. The van der Waals surface area contributed by atoms with Gasteiger partial charge >= 0.3 is 0 Å². The van der Waals surface area contributed by atoms with Gasteiger partial charge in [-0.3, -0.25) is 0 Å². The molecule has 0 unspecified atom stereocenters. The van der Waals surface area contributed by atoms with Gasteiger partial charge in [-0.2, -0.15) is 0 Å². The predicted molar refractivity (Wildman–Crippen MR) is 92.2 cm³/mol. The summed E-state index contributed by atoms with van der Waals surface area (Å²) in [6.07, 6.45) is 8.39. The highest BCUT2D eigenvalue weighted by Crippen LogP contribution is 2.31. The minimum Gasteiger partial charge on any atom is -0.350 e. The number of benzene rings is 1. The zero-order valence-corrected chi connectivity index (χ0v) is 14.6. The maximum absolute atomic E-state index is 6.05. The molecule has 2 rings (SSSR count). The van der Waals surface area contributed by atoms with E-state index in [0.717, 1.165) is 19.6 Å². The van der Waals surface area contributed by atoms with E-state index >= 15 is 0 Å². The van der Waals surface area contributed by atoms with E-state index in [2.05, 4.69) is 45.0 Å². The van der Waals surface area contributed by atoms with E-state index in [9.17, 15) is 0 Å². The van der Waals surface area contributed by atoms with Gasteiger partial charge in [0.2, 0.25) is 0 Å². The fraction of sp³-hybridized carbons (Fsp3) is 0.700. The summed E-state index contributed by atoms with van der Waals surface area (Å²) < 4.78 is 12.1. The molecular weight excluding hydrogens is 272 g/mol. The molecule has 1 fully saturated rings. The van der Waals surface area contributed by atoms with Crippen LogP contribution in [0.2, 0.25) is 0 Å². The maximum atomic E-state index is 6.05. The van der Waals surface area contributed by atoms with E-state index in [-0.39, 0.29) is 5.79 Å². The van der Waals surface area contributed by atoms with Crippen molar-refractivity contribution in [3.05, 3.63) is 35.4 Å². The molecule has 0 N–H and O–H groups in total. The zero-order chi connectivity index (χ0) is 15.8. The summed E-state index contributed by atoms with van der Waals surface area (Å²) in [6, 6.07) is 9.03. The molecule has 2 nitrogen and oxygen atoms in total. The number of ether oxygens (including phenoxy) is 2. The highest BCUT2D eigenvalue weighted by molar-refractivity contribution is 5.26. The molecule has 0 bridgehead atoms. The van der Waals surface area contributed by atoms with Gasteiger partial charge in [-0.1, -0.05) is 57.4 Å². The molecule has 0 radical (unpaired) electrons. The van der Waals surface area contributed by atoms with Crippen LogP contribution in [0.1, 0.15) is 76.3 Å². The molecule has 0 atom stereocenters. The second kappa shape index (κ2) is 8.69. The Kier molecular flexibility index (Phi) is 6.91. The first-order valence-corrected chi connectivity index (χ1v) is 9.03. The first-order valence-electron chi connectivity index (χ1n) is 9.03. The summed E-state index contributed by atoms with van der Waals surface area (Å²) in [5, 5.41) is 0. The van der Waals surface area contributed by atoms with Gasteiger partial charge in [-0.25, -0.2) is 0 Å². The molecule has 0 amide bonds. The molecule has 1 aromatic rings. The van der Waals surface area contributed by atoms with E-state index < -0.39 is 0 Å². The lowest BCUT2D eigenvalue weighted by Crippen LogP contribution is -2.40. The van der Waals surface area contributed by atoms with Crippen LogP contribution in [0.3, 0.4) is 0 Å². The number of aryl methyl sites for hydroxylation is 1. The Morgan fingerprint density at radius 3 is 2.18 bits per heavy atom. The van der Waals surface area contributed by atoms with Gasteiger partial charge in [-0.05, 0) is 37.3 Å². The molecule has 1 saturated heterocycles. The number of rotatable bonds is 8. The van der Waals surface area contributed by atoms with Crippen molar-refractivity contribution in [1.82, 2.24) is 0 Å². The van der Waals surface area contributed by atoms with Crippen molar-refractivity contribution in [3.8, 4) is 0 Å². The average Bonchev–Trinajstić information content (AvgIpc) is 2.54. The molecule has 1 heterocycles. The molecule has 1 aliphatic rings. The molecule has 124 valence electrons. The van der Waals surface area contributed by atoms with E-state index in [0.29, 0.717) is 5.92 Å². The van der Waals surface area contributed by atoms with E-state index in [1.165, 1.54) is 49.7 Å². The fourth-order valence-corrected chi connectivity index (χ4v) is 3.01. The Balaban J connectivity index is 1.83. The minimum atomic E-state index is -0.368. The van der Waals surface area contributed by atoms with Gasteiger partial charge in [0, 0.05) is 12.3 Å². The lowest BCUT2D eigenvalue weighted by molar-refractivity contribution is -0.266. The molecule has 2 heteroatoms. The van der Waals surface area contributed by atoms with Gasteiger partial charge in [0.1, 0.15) is 0 Å². The van der Waals surface area contributed by atoms with Crippen LogP contribution in [0.15, 0.2) is 24.3 Å². The fourth-order valence-electron chi connectivity index (χ4n) is 3.01. The largest absolute Gasteiger partial charge is 0.350 e. The van der Waals surface area contributed by atoms with Gasteiger partial charge in [0.05, 0.1) is 13.2 Å². The molecule has 22 heavy (non-hydrogen) atoms. The summed E-state index contributed by atoms with van der Waals surface area (Å²) in [5.41, 5.74) is 2.78. The maximum Gasteiger partial charge on any atom is 0.165 e. The van der Waals surface area contributed by atoms with Crippen LogP contribution in [-0.4, -0.2) is 19.0 Å². The van der Waals surface area contributed by atoms with Crippen molar-refractivity contribution >= 4 is 0 Å². The van der Waals surface area contributed by atoms with Crippen molar-refractivity contribution in [3.63, 3.8) is 0 Å². The monoisotopic (exact) mass is 304 g/mol. The van der Waals surface area contributed by atoms with Crippen molar-refractivity contribution in [2.24, 2.45) is 0 Å². The SMILES string of the molecule is CCCCC[C@]1(C)OC[C@@H](c2ccc(CCCC)cc2)CO1. The van der Waals surface area contributed by atoms with Crippen LogP contribution >= 0.6 is 0 Å². The third-order valence-electron chi connectivity index (χ3n) is 4.68. The Morgan fingerprint density at radius 2 is 1.59 bits per heavy atom. The normalized spacial score (nSPS) is 25.3. The molecule has 0 spiro atoms. The van der Waals surface area contributed by atoms with Crippen LogP contribution in [0.4, 0.5) is 0 Å². The van der Waals surface area contributed by atoms with E-state index in [1.54, 1.807) is 0 Å². The van der Waals surface area contributed by atoms with Crippen molar-refractivity contribution in [1.29, 1.82) is 0 Å².